The van der Waals surface area contributed by atoms with E-state index in [0.717, 1.165) is 11.1 Å². The summed E-state index contributed by atoms with van der Waals surface area (Å²) in [6, 6.07) is 5.70. The molecule has 6 heteroatoms. The second-order valence-electron chi connectivity index (χ2n) is 3.79. The molecule has 1 heterocycles. The van der Waals surface area contributed by atoms with Gasteiger partial charge in [-0.25, -0.2) is 4.68 Å². The van der Waals surface area contributed by atoms with E-state index in [9.17, 15) is 0 Å². The fourth-order valence-electron chi connectivity index (χ4n) is 1.61. The molecule has 17 heavy (non-hydrogen) atoms. The Bertz CT molecular complexity index is 508. The number of benzene rings is 1. The van der Waals surface area contributed by atoms with Crippen molar-refractivity contribution in [3.05, 3.63) is 23.8 Å². The van der Waals surface area contributed by atoms with E-state index in [4.69, 9.17) is 10.5 Å². The van der Waals surface area contributed by atoms with Gasteiger partial charge < -0.3 is 10.5 Å². The van der Waals surface area contributed by atoms with E-state index in [1.54, 1.807) is 11.8 Å². The summed E-state index contributed by atoms with van der Waals surface area (Å²) >= 11 is 0. The Morgan fingerprint density at radius 2 is 2.24 bits per heavy atom. The highest BCUT2D eigenvalue weighted by Crippen LogP contribution is 2.22. The molecule has 0 amide bonds. The molecule has 0 atom stereocenters. The van der Waals surface area contributed by atoms with Crippen LogP contribution in [-0.2, 0) is 11.3 Å². The van der Waals surface area contributed by atoms with Crippen LogP contribution in [0.25, 0.3) is 11.4 Å². The molecule has 0 spiro atoms. The molecule has 2 aromatic rings. The van der Waals surface area contributed by atoms with Gasteiger partial charge in [0.2, 0.25) is 0 Å². The molecule has 0 aliphatic heterocycles. The average Bonchev–Trinajstić information content (AvgIpc) is 2.77. The first-order valence-electron chi connectivity index (χ1n) is 5.34. The van der Waals surface area contributed by atoms with E-state index in [2.05, 4.69) is 15.5 Å². The number of rotatable bonds is 4. The number of tetrazole rings is 1. The molecule has 90 valence electrons. The van der Waals surface area contributed by atoms with Crippen LogP contribution in [0.3, 0.4) is 0 Å². The monoisotopic (exact) mass is 233 g/mol. The highest BCUT2D eigenvalue weighted by Gasteiger charge is 2.11. The van der Waals surface area contributed by atoms with Gasteiger partial charge in [-0.1, -0.05) is 6.07 Å². The third kappa shape index (κ3) is 2.42. The average molecular weight is 233 g/mol. The Kier molecular flexibility index (Phi) is 3.34. The molecule has 0 fully saturated rings. The molecule has 0 saturated heterocycles. The predicted molar refractivity (Wildman–Crippen MR) is 64.3 cm³/mol. The van der Waals surface area contributed by atoms with Crippen molar-refractivity contribution >= 4 is 5.69 Å². The Balaban J connectivity index is 2.38. The molecule has 0 saturated carbocycles. The molecule has 2 rings (SSSR count). The molecule has 0 unspecified atom stereocenters. The number of ether oxygens (including phenoxy) is 1. The lowest BCUT2D eigenvalue weighted by Gasteiger charge is -2.07. The summed E-state index contributed by atoms with van der Waals surface area (Å²) in [5.74, 6) is 0.715. The van der Waals surface area contributed by atoms with Crippen LogP contribution in [0.1, 0.15) is 5.56 Å². The molecule has 2 N–H and O–H groups in total. The van der Waals surface area contributed by atoms with Gasteiger partial charge in [0.25, 0.3) is 0 Å². The summed E-state index contributed by atoms with van der Waals surface area (Å²) in [7, 11) is 1.65. The zero-order chi connectivity index (χ0) is 12.3. The first-order chi connectivity index (χ1) is 8.22. The summed E-state index contributed by atoms with van der Waals surface area (Å²) in [5.41, 5.74) is 8.52. The van der Waals surface area contributed by atoms with Crippen molar-refractivity contribution in [2.24, 2.45) is 0 Å². The van der Waals surface area contributed by atoms with E-state index in [1.165, 1.54) is 0 Å². The minimum atomic E-state index is 0.569. The minimum Gasteiger partial charge on any atom is -0.399 e. The number of anilines is 1. The highest BCUT2D eigenvalue weighted by atomic mass is 16.5. The number of methoxy groups -OCH3 is 1. The van der Waals surface area contributed by atoms with Crippen molar-refractivity contribution in [2.45, 2.75) is 13.5 Å². The third-order valence-electron chi connectivity index (χ3n) is 2.54. The first kappa shape index (κ1) is 11.5. The zero-order valence-corrected chi connectivity index (χ0v) is 9.92. The van der Waals surface area contributed by atoms with Crippen molar-refractivity contribution in [3.8, 4) is 11.4 Å². The quantitative estimate of drug-likeness (QED) is 0.793. The second-order valence-corrected chi connectivity index (χ2v) is 3.79. The first-order valence-corrected chi connectivity index (χ1v) is 5.34. The van der Waals surface area contributed by atoms with Crippen LogP contribution in [0.2, 0.25) is 0 Å². The number of hydrogen-bond acceptors (Lipinski definition) is 5. The maximum Gasteiger partial charge on any atom is 0.182 e. The van der Waals surface area contributed by atoms with Crippen molar-refractivity contribution in [2.75, 3.05) is 19.5 Å². The molecule has 0 bridgehead atoms. The lowest BCUT2D eigenvalue weighted by Crippen LogP contribution is -2.08. The summed E-state index contributed by atoms with van der Waals surface area (Å²) in [4.78, 5) is 0. The highest BCUT2D eigenvalue weighted by molar-refractivity contribution is 5.65. The van der Waals surface area contributed by atoms with Gasteiger partial charge in [-0.3, -0.25) is 0 Å². The Hall–Kier alpha value is -1.95. The molecule has 6 nitrogen and oxygen atoms in total. The van der Waals surface area contributed by atoms with Crippen LogP contribution in [0.4, 0.5) is 5.69 Å². The van der Waals surface area contributed by atoms with E-state index in [1.807, 2.05) is 25.1 Å². The Morgan fingerprint density at radius 3 is 3.00 bits per heavy atom. The molecule has 0 aliphatic rings. The Labute approximate surface area is 99.4 Å². The van der Waals surface area contributed by atoms with E-state index in [-0.39, 0.29) is 0 Å². The SMILES string of the molecule is COCCn1nnnc1-c1cc(N)ccc1C. The Morgan fingerprint density at radius 1 is 1.41 bits per heavy atom. The van der Waals surface area contributed by atoms with Gasteiger partial charge in [-0.15, -0.1) is 5.10 Å². The minimum absolute atomic E-state index is 0.569. The largest absolute Gasteiger partial charge is 0.399 e. The van der Waals surface area contributed by atoms with Crippen LogP contribution in [-0.4, -0.2) is 33.9 Å². The maximum absolute atomic E-state index is 5.78. The van der Waals surface area contributed by atoms with Crippen LogP contribution in [0, 0.1) is 6.92 Å². The number of aromatic nitrogens is 4. The summed E-state index contributed by atoms with van der Waals surface area (Å²) in [6.45, 7) is 3.19. The lowest BCUT2D eigenvalue weighted by molar-refractivity contribution is 0.183. The molecule has 1 aromatic heterocycles. The van der Waals surface area contributed by atoms with E-state index in [0.29, 0.717) is 24.7 Å². The van der Waals surface area contributed by atoms with E-state index >= 15 is 0 Å². The smallest absolute Gasteiger partial charge is 0.182 e. The van der Waals surface area contributed by atoms with Gasteiger partial charge in [-0.2, -0.15) is 0 Å². The number of nitrogens with zero attached hydrogens (tertiary/aromatic N) is 4. The molecule has 1 aromatic carbocycles. The molecule has 0 aliphatic carbocycles. The molecular weight excluding hydrogens is 218 g/mol. The van der Waals surface area contributed by atoms with Crippen molar-refractivity contribution in [1.82, 2.24) is 20.2 Å². The van der Waals surface area contributed by atoms with Crippen molar-refractivity contribution < 1.29 is 4.74 Å². The van der Waals surface area contributed by atoms with Crippen molar-refractivity contribution in [1.29, 1.82) is 0 Å². The summed E-state index contributed by atoms with van der Waals surface area (Å²) < 4.78 is 6.73. The topological polar surface area (TPSA) is 78.8 Å². The van der Waals surface area contributed by atoms with Gasteiger partial charge in [0.05, 0.1) is 13.2 Å². The fraction of sp³-hybridized carbons (Fsp3) is 0.364. The van der Waals surface area contributed by atoms with Crippen LogP contribution < -0.4 is 5.73 Å². The van der Waals surface area contributed by atoms with E-state index < -0.39 is 0 Å². The zero-order valence-electron chi connectivity index (χ0n) is 9.92. The van der Waals surface area contributed by atoms with Gasteiger partial charge in [0.1, 0.15) is 0 Å². The third-order valence-corrected chi connectivity index (χ3v) is 2.54. The standard InChI is InChI=1S/C11H15N5O/c1-8-3-4-9(12)7-10(8)11-13-14-15-16(11)5-6-17-2/h3-4,7H,5-6,12H2,1-2H3. The lowest BCUT2D eigenvalue weighted by atomic mass is 10.1. The van der Waals surface area contributed by atoms with Crippen LogP contribution >= 0.6 is 0 Å². The number of nitrogens with two attached hydrogens (primary N) is 1. The number of hydrogen-bond donors (Lipinski definition) is 1. The molecular formula is C11H15N5O. The molecule has 0 radical (unpaired) electrons. The van der Waals surface area contributed by atoms with Gasteiger partial charge in [0.15, 0.2) is 5.82 Å². The predicted octanol–water partition coefficient (Wildman–Crippen LogP) is 0.877. The van der Waals surface area contributed by atoms with Gasteiger partial charge >= 0.3 is 0 Å². The fourth-order valence-corrected chi connectivity index (χ4v) is 1.61. The van der Waals surface area contributed by atoms with Crippen LogP contribution in [0.5, 0.6) is 0 Å². The maximum atomic E-state index is 5.78. The number of nitrogen functional groups attached to an aromatic ring is 1. The second kappa shape index (κ2) is 4.92. The normalized spacial score (nSPS) is 10.7. The van der Waals surface area contributed by atoms with Crippen molar-refractivity contribution in [3.63, 3.8) is 0 Å². The van der Waals surface area contributed by atoms with Gasteiger partial charge in [0, 0.05) is 18.4 Å². The summed E-state index contributed by atoms with van der Waals surface area (Å²) in [6.07, 6.45) is 0. The van der Waals surface area contributed by atoms with Crippen LogP contribution in [0.15, 0.2) is 18.2 Å². The summed E-state index contributed by atoms with van der Waals surface area (Å²) in [5, 5.41) is 11.7. The number of aryl methyl sites for hydroxylation is 1. The van der Waals surface area contributed by atoms with Gasteiger partial charge in [-0.05, 0) is 35.0 Å².